The van der Waals surface area contributed by atoms with Gasteiger partial charge >= 0.3 is 5.63 Å². The van der Waals surface area contributed by atoms with Crippen molar-refractivity contribution in [3.63, 3.8) is 0 Å². The average molecular weight is 573 g/mol. The molecule has 0 bridgehead atoms. The van der Waals surface area contributed by atoms with Crippen LogP contribution in [0.2, 0.25) is 0 Å². The molecule has 11 heteroatoms. The Kier molecular flexibility index (Phi) is 7.90. The molecule has 3 heterocycles. The van der Waals surface area contributed by atoms with Crippen molar-refractivity contribution in [3.8, 4) is 5.75 Å². The second-order valence-corrected chi connectivity index (χ2v) is 10.4. The molecule has 1 atom stereocenters. The summed E-state index contributed by atoms with van der Waals surface area (Å²) in [5.41, 5.74) is 5.19. The van der Waals surface area contributed by atoms with E-state index in [0.29, 0.717) is 27.8 Å². The summed E-state index contributed by atoms with van der Waals surface area (Å²) >= 11 is 0. The number of ether oxygens (including phenoxy) is 2. The lowest BCUT2D eigenvalue weighted by Gasteiger charge is -2.29. The van der Waals surface area contributed by atoms with Crippen LogP contribution in [0.3, 0.4) is 0 Å². The van der Waals surface area contributed by atoms with Gasteiger partial charge in [0, 0.05) is 66.7 Å². The monoisotopic (exact) mass is 572 g/mol. The van der Waals surface area contributed by atoms with Crippen LogP contribution in [-0.2, 0) is 4.74 Å². The third kappa shape index (κ3) is 5.59. The molecule has 2 aliphatic heterocycles. The number of aliphatic hydroxyl groups is 1. The van der Waals surface area contributed by atoms with E-state index in [9.17, 15) is 19.5 Å². The lowest BCUT2D eigenvalue weighted by Crippen LogP contribution is -2.52. The highest BCUT2D eigenvalue weighted by Gasteiger charge is 2.33. The van der Waals surface area contributed by atoms with Gasteiger partial charge in [0.15, 0.2) is 0 Å². The fraction of sp³-hybridized carbons (Fsp3) is 0.323. The Balaban J connectivity index is 1.10. The Morgan fingerprint density at radius 3 is 2.57 bits per heavy atom. The Hall–Kier alpha value is -4.29. The fourth-order valence-electron chi connectivity index (χ4n) is 5.41. The SMILES string of the molecule is Cc1cc(=O)oc2cc(OCC(O)CNN3C(=O)c4cccc5c(NCCN6CCOCC6)ccc(c45)C3=O)ccc12. The smallest absolute Gasteiger partial charge is 0.336 e. The van der Waals surface area contributed by atoms with Gasteiger partial charge in [0.2, 0.25) is 0 Å². The maximum atomic E-state index is 13.4. The first-order chi connectivity index (χ1) is 20.4. The lowest BCUT2D eigenvalue weighted by atomic mass is 9.93. The Morgan fingerprint density at radius 1 is 0.976 bits per heavy atom. The van der Waals surface area contributed by atoms with Crippen molar-refractivity contribution in [2.24, 2.45) is 0 Å². The molecule has 1 saturated heterocycles. The number of imide groups is 1. The zero-order valence-corrected chi connectivity index (χ0v) is 23.2. The molecule has 6 rings (SSSR count). The van der Waals surface area contributed by atoms with Crippen LogP contribution < -0.4 is 21.1 Å². The minimum absolute atomic E-state index is 0.105. The Morgan fingerprint density at radius 2 is 1.76 bits per heavy atom. The summed E-state index contributed by atoms with van der Waals surface area (Å²) in [5, 5.41) is 17.2. The molecule has 3 aromatic carbocycles. The van der Waals surface area contributed by atoms with Crippen molar-refractivity contribution >= 4 is 39.2 Å². The summed E-state index contributed by atoms with van der Waals surface area (Å²) in [6.45, 7) is 6.48. The zero-order valence-electron chi connectivity index (χ0n) is 23.2. The van der Waals surface area contributed by atoms with Crippen LogP contribution in [0.25, 0.3) is 21.7 Å². The van der Waals surface area contributed by atoms with Gasteiger partial charge in [-0.25, -0.2) is 15.2 Å². The van der Waals surface area contributed by atoms with Gasteiger partial charge in [-0.15, -0.1) is 0 Å². The quantitative estimate of drug-likeness (QED) is 0.192. The van der Waals surface area contributed by atoms with Crippen molar-refractivity contribution in [3.05, 3.63) is 81.7 Å². The summed E-state index contributed by atoms with van der Waals surface area (Å²) in [7, 11) is 0. The number of fused-ring (bicyclic) bond motifs is 1. The Bertz CT molecular complexity index is 1690. The topological polar surface area (TPSA) is 134 Å². The number of carbonyl (C=O) groups excluding carboxylic acids is 2. The molecule has 2 aliphatic rings. The van der Waals surface area contributed by atoms with E-state index >= 15 is 0 Å². The van der Waals surface area contributed by atoms with Gasteiger partial charge in [0.25, 0.3) is 11.8 Å². The molecule has 2 amide bonds. The van der Waals surface area contributed by atoms with Crippen LogP contribution >= 0.6 is 0 Å². The Labute approximate surface area is 241 Å². The third-order valence-corrected chi connectivity index (χ3v) is 7.61. The van der Waals surface area contributed by atoms with E-state index in [4.69, 9.17) is 13.9 Å². The molecule has 1 aromatic heterocycles. The van der Waals surface area contributed by atoms with E-state index in [1.165, 1.54) is 6.07 Å². The van der Waals surface area contributed by atoms with E-state index in [2.05, 4.69) is 15.6 Å². The fourth-order valence-corrected chi connectivity index (χ4v) is 5.41. The van der Waals surface area contributed by atoms with Gasteiger partial charge in [-0.3, -0.25) is 14.5 Å². The number of nitrogens with one attached hydrogen (secondary N) is 2. The van der Waals surface area contributed by atoms with Crippen LogP contribution in [0.1, 0.15) is 26.3 Å². The number of aryl methyl sites for hydroxylation is 1. The number of aliphatic hydroxyl groups excluding tert-OH is 1. The first-order valence-electron chi connectivity index (χ1n) is 14.0. The van der Waals surface area contributed by atoms with Gasteiger partial charge in [0.1, 0.15) is 24.0 Å². The number of nitrogens with zero attached hydrogens (tertiary/aromatic N) is 2. The molecule has 0 saturated carbocycles. The van der Waals surface area contributed by atoms with Crippen LogP contribution in [0.5, 0.6) is 5.75 Å². The molecule has 0 spiro atoms. The molecule has 0 radical (unpaired) electrons. The van der Waals surface area contributed by atoms with Gasteiger partial charge in [-0.2, -0.15) is 0 Å². The minimum atomic E-state index is -1.04. The molecule has 0 aliphatic carbocycles. The lowest BCUT2D eigenvalue weighted by molar-refractivity contribution is 0.0398. The minimum Gasteiger partial charge on any atom is -0.491 e. The third-order valence-electron chi connectivity index (χ3n) is 7.61. The maximum Gasteiger partial charge on any atom is 0.336 e. The molecule has 11 nitrogen and oxygen atoms in total. The van der Waals surface area contributed by atoms with Crippen molar-refractivity contribution in [2.75, 3.05) is 57.9 Å². The van der Waals surface area contributed by atoms with E-state index in [1.807, 2.05) is 19.1 Å². The maximum absolute atomic E-state index is 13.4. The summed E-state index contributed by atoms with van der Waals surface area (Å²) in [5.74, 6) is -0.566. The first-order valence-corrected chi connectivity index (χ1v) is 14.0. The zero-order chi connectivity index (χ0) is 29.2. The highest BCUT2D eigenvalue weighted by atomic mass is 16.5. The summed E-state index contributed by atoms with van der Waals surface area (Å²) in [4.78, 5) is 40.8. The largest absolute Gasteiger partial charge is 0.491 e. The van der Waals surface area contributed by atoms with Gasteiger partial charge in [-0.05, 0) is 42.8 Å². The second-order valence-electron chi connectivity index (χ2n) is 10.4. The van der Waals surface area contributed by atoms with Crippen molar-refractivity contribution in [1.29, 1.82) is 0 Å². The number of hydrazine groups is 1. The van der Waals surface area contributed by atoms with E-state index in [-0.39, 0.29) is 13.2 Å². The number of carbonyl (C=O) groups is 2. The van der Waals surface area contributed by atoms with E-state index < -0.39 is 23.5 Å². The summed E-state index contributed by atoms with van der Waals surface area (Å²) in [6, 6.07) is 15.5. The molecule has 1 unspecified atom stereocenters. The predicted molar refractivity (Wildman–Crippen MR) is 157 cm³/mol. The number of morpholine rings is 1. The van der Waals surface area contributed by atoms with Crippen molar-refractivity contribution < 1.29 is 28.6 Å². The molecule has 42 heavy (non-hydrogen) atoms. The van der Waals surface area contributed by atoms with Gasteiger partial charge in [0.05, 0.1) is 24.3 Å². The van der Waals surface area contributed by atoms with E-state index in [0.717, 1.165) is 66.4 Å². The number of rotatable bonds is 10. The summed E-state index contributed by atoms with van der Waals surface area (Å²) in [6.07, 6.45) is -1.04. The molecular formula is C31H32N4O7. The highest BCUT2D eigenvalue weighted by molar-refractivity contribution is 6.26. The molecule has 4 aromatic rings. The van der Waals surface area contributed by atoms with Crippen LogP contribution in [0, 0.1) is 6.92 Å². The number of anilines is 1. The molecule has 218 valence electrons. The predicted octanol–water partition coefficient (Wildman–Crippen LogP) is 2.54. The van der Waals surface area contributed by atoms with Crippen LogP contribution in [-0.4, -0.2) is 85.5 Å². The normalized spacial score (nSPS) is 16.3. The highest BCUT2D eigenvalue weighted by Crippen LogP contribution is 2.34. The number of hydrogen-bond acceptors (Lipinski definition) is 10. The van der Waals surface area contributed by atoms with Crippen molar-refractivity contribution in [1.82, 2.24) is 15.3 Å². The van der Waals surface area contributed by atoms with E-state index in [1.54, 1.807) is 36.4 Å². The number of benzene rings is 3. The molecular weight excluding hydrogens is 540 g/mol. The summed E-state index contributed by atoms with van der Waals surface area (Å²) < 4.78 is 16.3. The molecule has 1 fully saturated rings. The standard InChI is InChI=1S/C31H32N4O7/c1-19-15-28(37)42-27-16-21(5-6-22(19)27)41-18-20(36)17-33-35-30(38)24-4-2-3-23-26(8-7-25(29(23)24)31(35)39)32-9-10-34-11-13-40-14-12-34/h2-8,15-16,20,32-33,36H,9-14,17-18H2,1H3. The first kappa shape index (κ1) is 27.9. The molecule has 3 N–H and O–H groups in total. The van der Waals surface area contributed by atoms with Gasteiger partial charge < -0.3 is 24.3 Å². The van der Waals surface area contributed by atoms with Gasteiger partial charge in [-0.1, -0.05) is 12.1 Å². The second kappa shape index (κ2) is 11.9. The number of hydrogen-bond donors (Lipinski definition) is 3. The van der Waals surface area contributed by atoms with Crippen LogP contribution in [0.4, 0.5) is 5.69 Å². The van der Waals surface area contributed by atoms with Crippen LogP contribution in [0.15, 0.2) is 63.8 Å². The number of amides is 2. The van der Waals surface area contributed by atoms with Crippen molar-refractivity contribution in [2.45, 2.75) is 13.0 Å². The average Bonchev–Trinajstić information content (AvgIpc) is 2.99.